The van der Waals surface area contributed by atoms with Crippen molar-refractivity contribution in [3.05, 3.63) is 129 Å². The molecule has 15 heteroatoms. The van der Waals surface area contributed by atoms with Gasteiger partial charge >= 0.3 is 6.18 Å². The zero-order valence-electron chi connectivity index (χ0n) is 23.8. The van der Waals surface area contributed by atoms with Gasteiger partial charge in [0.15, 0.2) is 23.3 Å². The molecule has 0 saturated heterocycles. The summed E-state index contributed by atoms with van der Waals surface area (Å²) in [6.45, 7) is 1.27. The van der Waals surface area contributed by atoms with Gasteiger partial charge in [-0.2, -0.15) is 13.2 Å². The van der Waals surface area contributed by atoms with Gasteiger partial charge in [-0.05, 0) is 67.1 Å². The number of hydrogen-bond donors (Lipinski definition) is 3. The van der Waals surface area contributed by atoms with Gasteiger partial charge in [0.2, 0.25) is 5.91 Å². The maximum absolute atomic E-state index is 14.2. The number of alkyl halides is 3. The van der Waals surface area contributed by atoms with Gasteiger partial charge in [-0.1, -0.05) is 46.3 Å². The van der Waals surface area contributed by atoms with Gasteiger partial charge in [-0.15, -0.1) is 11.8 Å². The van der Waals surface area contributed by atoms with Crippen LogP contribution < -0.4 is 16.0 Å². The van der Waals surface area contributed by atoms with Crippen molar-refractivity contribution < 1.29 is 45.1 Å². The van der Waals surface area contributed by atoms with Gasteiger partial charge in [-0.3, -0.25) is 14.4 Å². The molecule has 4 aromatic rings. The van der Waals surface area contributed by atoms with Crippen LogP contribution in [0.5, 0.6) is 0 Å². The minimum Gasteiger partial charge on any atom is -0.321 e. The van der Waals surface area contributed by atoms with Crippen molar-refractivity contribution in [1.82, 2.24) is 5.32 Å². The van der Waals surface area contributed by atoms with Crippen LogP contribution in [0.2, 0.25) is 0 Å². The molecule has 1 atom stereocenters. The van der Waals surface area contributed by atoms with E-state index in [1.807, 2.05) is 0 Å². The molecule has 47 heavy (non-hydrogen) atoms. The topological polar surface area (TPSA) is 87.3 Å². The summed E-state index contributed by atoms with van der Waals surface area (Å²) in [5.41, 5.74) is -3.30. The van der Waals surface area contributed by atoms with Crippen LogP contribution >= 0.6 is 27.7 Å². The summed E-state index contributed by atoms with van der Waals surface area (Å²) in [5, 5.41) is 5.70. The Balaban J connectivity index is 1.45. The fraction of sp³-hybridized carbons (Fsp3) is 0.0938. The Morgan fingerprint density at radius 3 is 1.91 bits per heavy atom. The summed E-state index contributed by atoms with van der Waals surface area (Å²) in [4.78, 5) is 39.0. The van der Waals surface area contributed by atoms with Crippen molar-refractivity contribution in [2.24, 2.45) is 0 Å². The summed E-state index contributed by atoms with van der Waals surface area (Å²) in [6, 6.07) is 21.1. The number of anilines is 2. The molecule has 6 nitrogen and oxygen atoms in total. The van der Waals surface area contributed by atoms with Crippen LogP contribution in [0, 0.1) is 23.3 Å². The van der Waals surface area contributed by atoms with E-state index in [9.17, 15) is 45.1 Å². The molecule has 0 aliphatic carbocycles. The third kappa shape index (κ3) is 8.80. The smallest absolute Gasteiger partial charge is 0.321 e. The van der Waals surface area contributed by atoms with Crippen LogP contribution in [0.4, 0.5) is 42.1 Å². The van der Waals surface area contributed by atoms with Gasteiger partial charge in [0.25, 0.3) is 11.8 Å². The maximum Gasteiger partial charge on any atom is 0.422 e. The van der Waals surface area contributed by atoms with Crippen molar-refractivity contribution in [3.63, 3.8) is 0 Å². The van der Waals surface area contributed by atoms with E-state index in [2.05, 4.69) is 26.6 Å². The molecule has 0 spiro atoms. The van der Waals surface area contributed by atoms with Crippen molar-refractivity contribution >= 4 is 62.9 Å². The Morgan fingerprint density at radius 2 is 1.36 bits per heavy atom. The van der Waals surface area contributed by atoms with Gasteiger partial charge in [-0.25, -0.2) is 17.6 Å². The molecule has 0 aliphatic heterocycles. The maximum atomic E-state index is 14.2. The van der Waals surface area contributed by atoms with Crippen molar-refractivity contribution in [3.8, 4) is 0 Å². The molecule has 4 rings (SSSR count). The molecule has 0 radical (unpaired) electrons. The first-order valence-corrected chi connectivity index (χ1v) is 15.0. The number of rotatable bonds is 9. The number of nitrogens with one attached hydrogen (secondary N) is 3. The number of benzene rings is 4. The van der Waals surface area contributed by atoms with Gasteiger partial charge in [0.1, 0.15) is 16.9 Å². The molecule has 3 N–H and O–H groups in total. The number of halogens is 8. The van der Waals surface area contributed by atoms with Crippen LogP contribution in [0.1, 0.15) is 28.4 Å². The Labute approximate surface area is 275 Å². The van der Waals surface area contributed by atoms with E-state index in [-0.39, 0.29) is 11.4 Å². The number of carbonyl (C=O) groups excluding carboxylic acids is 3. The van der Waals surface area contributed by atoms with E-state index >= 15 is 0 Å². The Kier molecular flexibility index (Phi) is 11.1. The number of hydrogen-bond acceptors (Lipinski definition) is 4. The fourth-order valence-electron chi connectivity index (χ4n) is 3.96. The lowest BCUT2D eigenvalue weighted by Crippen LogP contribution is -2.30. The molecule has 0 fully saturated rings. The standard InChI is InChI=1S/C32H21BrF7N3O3S/c1-16(29(44)43-28-26(36)24(34)23(32(38,39)40)25(35)27(28)37)47-21-13-11-20(12-14-21)41-31(46)22(15-17-7-9-19(33)10-8-17)42-30(45)18-5-3-2-4-6-18/h2-16H,1H3,(H,41,46)(H,42,45)(H,43,44)/b22-15-. The second-order valence-electron chi connectivity index (χ2n) is 9.66. The lowest BCUT2D eigenvalue weighted by molar-refractivity contribution is -0.143. The summed E-state index contributed by atoms with van der Waals surface area (Å²) < 4.78 is 95.6. The number of thioether (sulfide) groups is 1. The lowest BCUT2D eigenvalue weighted by Gasteiger charge is -2.16. The van der Waals surface area contributed by atoms with Crippen LogP contribution in [0.25, 0.3) is 6.08 Å². The van der Waals surface area contributed by atoms with Gasteiger partial charge < -0.3 is 16.0 Å². The van der Waals surface area contributed by atoms with E-state index < -0.39 is 63.7 Å². The number of amides is 3. The molecule has 1 unspecified atom stereocenters. The van der Waals surface area contributed by atoms with Gasteiger partial charge in [0, 0.05) is 20.6 Å². The summed E-state index contributed by atoms with van der Waals surface area (Å²) >= 11 is 4.16. The molecule has 0 bridgehead atoms. The third-order valence-corrected chi connectivity index (χ3v) is 7.94. The Bertz CT molecular complexity index is 1810. The highest BCUT2D eigenvalue weighted by molar-refractivity contribution is 9.10. The van der Waals surface area contributed by atoms with E-state index in [1.54, 1.807) is 59.9 Å². The fourth-order valence-corrected chi connectivity index (χ4v) is 5.09. The molecule has 0 saturated carbocycles. The second kappa shape index (κ2) is 14.9. The van der Waals surface area contributed by atoms with E-state index in [1.165, 1.54) is 37.3 Å². The quantitative estimate of drug-likeness (QED) is 0.0695. The third-order valence-electron chi connectivity index (χ3n) is 6.30. The predicted molar refractivity (Wildman–Crippen MR) is 166 cm³/mol. The molecule has 0 aromatic heterocycles. The highest BCUT2D eigenvalue weighted by atomic mass is 79.9. The average Bonchev–Trinajstić information content (AvgIpc) is 3.03. The molecule has 3 amide bonds. The highest BCUT2D eigenvalue weighted by Gasteiger charge is 2.42. The summed E-state index contributed by atoms with van der Waals surface area (Å²) in [5.74, 6) is -12.6. The van der Waals surface area contributed by atoms with Crippen LogP contribution in [0.3, 0.4) is 0 Å². The summed E-state index contributed by atoms with van der Waals surface area (Å²) in [6.07, 6.45) is -4.24. The molecular formula is C32H21BrF7N3O3S. The van der Waals surface area contributed by atoms with Crippen LogP contribution in [0.15, 0.2) is 93.9 Å². The zero-order valence-corrected chi connectivity index (χ0v) is 26.2. The number of carbonyl (C=O) groups is 3. The van der Waals surface area contributed by atoms with E-state index in [0.717, 1.165) is 16.2 Å². The first kappa shape index (κ1) is 35.2. The predicted octanol–water partition coefficient (Wildman–Crippen LogP) is 8.55. The van der Waals surface area contributed by atoms with Crippen LogP contribution in [-0.2, 0) is 15.8 Å². The van der Waals surface area contributed by atoms with Crippen molar-refractivity contribution in [2.45, 2.75) is 23.2 Å². The second-order valence-corrected chi connectivity index (χ2v) is 12.0. The minimum atomic E-state index is -5.72. The van der Waals surface area contributed by atoms with E-state index in [0.29, 0.717) is 16.0 Å². The molecule has 244 valence electrons. The SMILES string of the molecule is CC(Sc1ccc(NC(=O)/C(=C/c2ccc(Br)cc2)NC(=O)c2ccccc2)cc1)C(=O)Nc1c(F)c(F)c(C(F)(F)F)c(F)c1F. The molecular weight excluding hydrogens is 719 g/mol. The van der Waals surface area contributed by atoms with Gasteiger partial charge in [0.05, 0.1) is 5.25 Å². The first-order valence-electron chi connectivity index (χ1n) is 13.3. The normalized spacial score (nSPS) is 12.3. The minimum absolute atomic E-state index is 0.0690. The molecule has 0 aliphatic rings. The monoisotopic (exact) mass is 739 g/mol. The van der Waals surface area contributed by atoms with E-state index in [4.69, 9.17) is 0 Å². The van der Waals surface area contributed by atoms with Crippen LogP contribution in [-0.4, -0.2) is 23.0 Å². The average molecular weight is 740 g/mol. The zero-order chi connectivity index (χ0) is 34.5. The lowest BCUT2D eigenvalue weighted by atomic mass is 10.1. The summed E-state index contributed by atoms with van der Waals surface area (Å²) in [7, 11) is 0. The first-order chi connectivity index (χ1) is 22.1. The largest absolute Gasteiger partial charge is 0.422 e. The Morgan fingerprint density at radius 1 is 0.787 bits per heavy atom. The van der Waals surface area contributed by atoms with Crippen molar-refractivity contribution in [1.29, 1.82) is 0 Å². The Hall–Kier alpha value is -4.63. The highest BCUT2D eigenvalue weighted by Crippen LogP contribution is 2.38. The molecule has 0 heterocycles. The molecule has 4 aromatic carbocycles. The van der Waals surface area contributed by atoms with Crippen molar-refractivity contribution in [2.75, 3.05) is 10.6 Å².